The van der Waals surface area contributed by atoms with Crippen molar-refractivity contribution in [2.45, 2.75) is 26.4 Å². The summed E-state index contributed by atoms with van der Waals surface area (Å²) in [4.78, 5) is 20.8. The summed E-state index contributed by atoms with van der Waals surface area (Å²) in [5.41, 5.74) is 3.81. The van der Waals surface area contributed by atoms with E-state index in [-0.39, 0.29) is 12.0 Å². The van der Waals surface area contributed by atoms with Crippen molar-refractivity contribution in [2.75, 3.05) is 12.4 Å². The van der Waals surface area contributed by atoms with Crippen LogP contribution in [0.5, 0.6) is 11.5 Å². The minimum absolute atomic E-state index is 0.130. The van der Waals surface area contributed by atoms with Gasteiger partial charge in [-0.3, -0.25) is 4.79 Å². The van der Waals surface area contributed by atoms with Crippen LogP contribution in [0.2, 0.25) is 0 Å². The first-order valence-corrected chi connectivity index (χ1v) is 10.3. The number of carbonyl (C=O) groups is 1. The molecular formula is C25H25N3O3. The third-order valence-electron chi connectivity index (χ3n) is 5.14. The van der Waals surface area contributed by atoms with Gasteiger partial charge >= 0.3 is 0 Å². The predicted molar refractivity (Wildman–Crippen MR) is 123 cm³/mol. The predicted octanol–water partition coefficient (Wildman–Crippen LogP) is 5.67. The zero-order valence-electron chi connectivity index (χ0n) is 17.8. The topological polar surface area (TPSA) is 76.2 Å². The van der Waals surface area contributed by atoms with Gasteiger partial charge in [-0.15, -0.1) is 0 Å². The van der Waals surface area contributed by atoms with Gasteiger partial charge in [0.25, 0.3) is 5.91 Å². The Kier molecular flexibility index (Phi) is 5.89. The fraction of sp³-hybridized carbons (Fsp3) is 0.200. The number of aromatic amines is 1. The molecule has 1 aromatic heterocycles. The first-order chi connectivity index (χ1) is 15.1. The van der Waals surface area contributed by atoms with E-state index in [1.54, 1.807) is 19.2 Å². The fourth-order valence-electron chi connectivity index (χ4n) is 3.24. The number of fused-ring (bicyclic) bond motifs is 1. The summed E-state index contributed by atoms with van der Waals surface area (Å²) in [5.74, 6) is 1.82. The number of para-hydroxylation sites is 2. The van der Waals surface area contributed by atoms with E-state index in [0.717, 1.165) is 34.6 Å². The number of imidazole rings is 1. The van der Waals surface area contributed by atoms with Gasteiger partial charge in [0, 0.05) is 11.1 Å². The van der Waals surface area contributed by atoms with E-state index in [0.29, 0.717) is 17.0 Å². The Labute approximate surface area is 181 Å². The molecular weight excluding hydrogens is 390 g/mol. The average Bonchev–Trinajstić information content (AvgIpc) is 3.23. The van der Waals surface area contributed by atoms with Crippen molar-refractivity contribution < 1.29 is 14.3 Å². The summed E-state index contributed by atoms with van der Waals surface area (Å²) in [5, 5.41) is 2.95. The van der Waals surface area contributed by atoms with E-state index in [9.17, 15) is 4.79 Å². The molecule has 158 valence electrons. The molecule has 0 spiro atoms. The minimum atomic E-state index is -0.227. The van der Waals surface area contributed by atoms with Gasteiger partial charge in [-0.1, -0.05) is 19.1 Å². The summed E-state index contributed by atoms with van der Waals surface area (Å²) < 4.78 is 11.2. The van der Waals surface area contributed by atoms with Crippen LogP contribution >= 0.6 is 0 Å². The lowest BCUT2D eigenvalue weighted by atomic mass is 10.1. The zero-order valence-corrected chi connectivity index (χ0v) is 17.8. The van der Waals surface area contributed by atoms with E-state index in [2.05, 4.69) is 22.2 Å². The molecule has 6 heteroatoms. The first-order valence-electron chi connectivity index (χ1n) is 10.3. The Morgan fingerprint density at radius 1 is 1.10 bits per heavy atom. The Morgan fingerprint density at radius 3 is 2.58 bits per heavy atom. The number of rotatable bonds is 7. The fourth-order valence-corrected chi connectivity index (χ4v) is 3.24. The maximum atomic E-state index is 12.8. The second kappa shape index (κ2) is 8.92. The maximum absolute atomic E-state index is 12.8. The van der Waals surface area contributed by atoms with Crippen molar-refractivity contribution in [3.8, 4) is 22.9 Å². The molecule has 1 amide bonds. The van der Waals surface area contributed by atoms with Crippen molar-refractivity contribution in [1.82, 2.24) is 9.97 Å². The third-order valence-corrected chi connectivity index (χ3v) is 5.14. The standard InChI is InChI=1S/C25H25N3O3/c1-4-16(2)31-19-12-9-17(10-13-19)25(29)28-22-15-18(11-14-23(22)30-3)24-26-20-7-5-6-8-21(20)27-24/h5-16H,4H2,1-3H3,(H,26,27)(H,28,29)/t16-/m0/s1. The molecule has 4 rings (SSSR count). The quantitative estimate of drug-likeness (QED) is 0.408. The highest BCUT2D eigenvalue weighted by atomic mass is 16.5. The second-order valence-electron chi connectivity index (χ2n) is 7.33. The van der Waals surface area contributed by atoms with Crippen LogP contribution in [0.3, 0.4) is 0 Å². The molecule has 0 radical (unpaired) electrons. The number of amides is 1. The monoisotopic (exact) mass is 415 g/mol. The molecule has 0 aliphatic carbocycles. The molecule has 3 aromatic carbocycles. The van der Waals surface area contributed by atoms with Gasteiger partial charge in [-0.2, -0.15) is 0 Å². The van der Waals surface area contributed by atoms with Crippen LogP contribution in [-0.4, -0.2) is 29.1 Å². The Hall–Kier alpha value is -3.80. The van der Waals surface area contributed by atoms with Gasteiger partial charge in [0.2, 0.25) is 0 Å². The van der Waals surface area contributed by atoms with Crippen LogP contribution in [0, 0.1) is 0 Å². The number of hydrogen-bond donors (Lipinski definition) is 2. The molecule has 0 fully saturated rings. The molecule has 31 heavy (non-hydrogen) atoms. The molecule has 1 heterocycles. The lowest BCUT2D eigenvalue weighted by Crippen LogP contribution is -2.13. The van der Waals surface area contributed by atoms with Gasteiger partial charge in [0.15, 0.2) is 0 Å². The number of nitrogens with one attached hydrogen (secondary N) is 2. The van der Waals surface area contributed by atoms with Crippen molar-refractivity contribution in [2.24, 2.45) is 0 Å². The van der Waals surface area contributed by atoms with Crippen molar-refractivity contribution in [1.29, 1.82) is 0 Å². The second-order valence-corrected chi connectivity index (χ2v) is 7.33. The molecule has 2 N–H and O–H groups in total. The van der Waals surface area contributed by atoms with E-state index < -0.39 is 0 Å². The first kappa shape index (κ1) is 20.5. The summed E-state index contributed by atoms with van der Waals surface area (Å²) in [6.45, 7) is 4.08. The Morgan fingerprint density at radius 2 is 1.87 bits per heavy atom. The van der Waals surface area contributed by atoms with Crippen LogP contribution in [0.15, 0.2) is 66.7 Å². The van der Waals surface area contributed by atoms with Crippen LogP contribution in [-0.2, 0) is 0 Å². The molecule has 0 aliphatic heterocycles. The lowest BCUT2D eigenvalue weighted by Gasteiger charge is -2.14. The van der Waals surface area contributed by atoms with Crippen molar-refractivity contribution >= 4 is 22.6 Å². The van der Waals surface area contributed by atoms with E-state index in [1.807, 2.05) is 61.5 Å². The summed E-state index contributed by atoms with van der Waals surface area (Å²) in [6.07, 6.45) is 1.05. The summed E-state index contributed by atoms with van der Waals surface area (Å²) >= 11 is 0. The van der Waals surface area contributed by atoms with Crippen LogP contribution in [0.1, 0.15) is 30.6 Å². The van der Waals surface area contributed by atoms with Crippen LogP contribution in [0.25, 0.3) is 22.4 Å². The van der Waals surface area contributed by atoms with Crippen LogP contribution in [0.4, 0.5) is 5.69 Å². The highest BCUT2D eigenvalue weighted by molar-refractivity contribution is 6.05. The largest absolute Gasteiger partial charge is 0.495 e. The summed E-state index contributed by atoms with van der Waals surface area (Å²) in [7, 11) is 1.58. The number of carbonyl (C=O) groups excluding carboxylic acids is 1. The molecule has 0 saturated heterocycles. The van der Waals surface area contributed by atoms with E-state index in [1.165, 1.54) is 0 Å². The minimum Gasteiger partial charge on any atom is -0.495 e. The average molecular weight is 415 g/mol. The summed E-state index contributed by atoms with van der Waals surface area (Å²) in [6, 6.07) is 20.6. The number of aromatic nitrogens is 2. The Balaban J connectivity index is 1.57. The number of ether oxygens (including phenoxy) is 2. The molecule has 0 aliphatic rings. The van der Waals surface area contributed by atoms with Crippen molar-refractivity contribution in [3.63, 3.8) is 0 Å². The highest BCUT2D eigenvalue weighted by Gasteiger charge is 2.13. The van der Waals surface area contributed by atoms with Gasteiger partial charge in [0.1, 0.15) is 17.3 Å². The van der Waals surface area contributed by atoms with Gasteiger partial charge in [-0.25, -0.2) is 4.98 Å². The maximum Gasteiger partial charge on any atom is 0.255 e. The zero-order chi connectivity index (χ0) is 21.8. The smallest absolute Gasteiger partial charge is 0.255 e. The number of nitrogens with zero attached hydrogens (tertiary/aromatic N) is 1. The molecule has 6 nitrogen and oxygen atoms in total. The lowest BCUT2D eigenvalue weighted by molar-refractivity contribution is 0.102. The molecule has 0 unspecified atom stereocenters. The van der Waals surface area contributed by atoms with E-state index >= 15 is 0 Å². The van der Waals surface area contributed by atoms with Crippen LogP contribution < -0.4 is 14.8 Å². The van der Waals surface area contributed by atoms with Gasteiger partial charge in [-0.05, 0) is 67.9 Å². The SMILES string of the molecule is CC[C@H](C)Oc1ccc(C(=O)Nc2cc(-c3nc4ccccc4[nH]3)ccc2OC)cc1. The molecule has 1 atom stereocenters. The number of hydrogen-bond acceptors (Lipinski definition) is 4. The third kappa shape index (κ3) is 4.53. The highest BCUT2D eigenvalue weighted by Crippen LogP contribution is 2.31. The van der Waals surface area contributed by atoms with Crippen molar-refractivity contribution in [3.05, 3.63) is 72.3 Å². The molecule has 4 aromatic rings. The molecule has 0 saturated carbocycles. The number of H-pyrrole nitrogens is 1. The number of anilines is 1. The van der Waals surface area contributed by atoms with Gasteiger partial charge < -0.3 is 19.8 Å². The van der Waals surface area contributed by atoms with E-state index in [4.69, 9.17) is 9.47 Å². The Bertz CT molecular complexity index is 1170. The molecule has 0 bridgehead atoms. The number of methoxy groups -OCH3 is 1. The normalized spacial score (nSPS) is 11.8. The number of benzene rings is 3. The van der Waals surface area contributed by atoms with Gasteiger partial charge in [0.05, 0.1) is 29.9 Å².